The molecule has 0 spiro atoms. The van der Waals surface area contributed by atoms with Crippen molar-refractivity contribution >= 4 is 17.6 Å². The summed E-state index contributed by atoms with van der Waals surface area (Å²) in [4.78, 5) is 26.6. The standard InChI is InChI=1S/C25H30N4O4/c1-29(2)12-11-26-24(30)21-8-3-6-19(14-21)16-27-25(31)28-22-9-4-7-20(15-22)17-32-18-23-10-5-13-33-23/h3-10,13-15H,11-12,16-18H2,1-2H3,(H,26,30)(H2,27,28,31). The fourth-order valence-electron chi connectivity index (χ4n) is 3.08. The molecule has 1 aromatic heterocycles. The van der Waals surface area contributed by atoms with E-state index in [4.69, 9.17) is 9.15 Å². The summed E-state index contributed by atoms with van der Waals surface area (Å²) in [5.41, 5.74) is 3.01. The number of urea groups is 1. The van der Waals surface area contributed by atoms with Crippen LogP contribution >= 0.6 is 0 Å². The Morgan fingerprint density at radius 2 is 1.76 bits per heavy atom. The first-order chi connectivity index (χ1) is 16.0. The molecule has 0 fully saturated rings. The molecular weight excluding hydrogens is 420 g/mol. The molecule has 174 valence electrons. The number of nitrogens with one attached hydrogen (secondary N) is 3. The zero-order valence-corrected chi connectivity index (χ0v) is 19.0. The van der Waals surface area contributed by atoms with Crippen molar-refractivity contribution in [1.29, 1.82) is 0 Å². The molecule has 0 aliphatic carbocycles. The molecule has 1 heterocycles. The van der Waals surface area contributed by atoms with E-state index in [1.54, 1.807) is 18.4 Å². The Hall–Kier alpha value is -3.62. The van der Waals surface area contributed by atoms with E-state index in [0.717, 1.165) is 23.4 Å². The molecular formula is C25H30N4O4. The minimum atomic E-state index is -0.329. The molecule has 0 unspecified atom stereocenters. The molecule has 3 amide bonds. The maximum Gasteiger partial charge on any atom is 0.319 e. The van der Waals surface area contributed by atoms with Crippen molar-refractivity contribution in [2.24, 2.45) is 0 Å². The van der Waals surface area contributed by atoms with Gasteiger partial charge in [-0.3, -0.25) is 4.79 Å². The Balaban J connectivity index is 1.45. The highest BCUT2D eigenvalue weighted by atomic mass is 16.5. The van der Waals surface area contributed by atoms with Gasteiger partial charge in [-0.2, -0.15) is 0 Å². The van der Waals surface area contributed by atoms with E-state index < -0.39 is 0 Å². The number of likely N-dealkylation sites (N-methyl/N-ethyl adjacent to an activating group) is 1. The Kier molecular flexibility index (Phi) is 9.05. The molecule has 3 aromatic rings. The Bertz CT molecular complexity index is 1030. The van der Waals surface area contributed by atoms with Gasteiger partial charge in [0.15, 0.2) is 0 Å². The molecule has 0 bridgehead atoms. The topological polar surface area (TPSA) is 95.8 Å². The van der Waals surface area contributed by atoms with Crippen LogP contribution in [0, 0.1) is 0 Å². The number of ether oxygens (including phenoxy) is 1. The molecule has 0 aliphatic rings. The zero-order chi connectivity index (χ0) is 23.5. The second-order valence-electron chi connectivity index (χ2n) is 7.84. The van der Waals surface area contributed by atoms with E-state index >= 15 is 0 Å². The lowest BCUT2D eigenvalue weighted by Gasteiger charge is -2.12. The first kappa shape index (κ1) is 24.0. The molecule has 0 saturated carbocycles. The predicted octanol–water partition coefficient (Wildman–Crippen LogP) is 3.61. The maximum atomic E-state index is 12.3. The normalized spacial score (nSPS) is 10.8. The monoisotopic (exact) mass is 450 g/mol. The van der Waals surface area contributed by atoms with Crippen LogP contribution < -0.4 is 16.0 Å². The predicted molar refractivity (Wildman–Crippen MR) is 127 cm³/mol. The smallest absolute Gasteiger partial charge is 0.319 e. The van der Waals surface area contributed by atoms with E-state index in [9.17, 15) is 9.59 Å². The van der Waals surface area contributed by atoms with Crippen LogP contribution in [0.15, 0.2) is 71.3 Å². The lowest BCUT2D eigenvalue weighted by molar-refractivity contribution is 0.0930. The summed E-state index contributed by atoms with van der Waals surface area (Å²) in [6.45, 7) is 2.43. The number of benzene rings is 2. The number of nitrogens with zero attached hydrogens (tertiary/aromatic N) is 1. The molecule has 8 heteroatoms. The molecule has 0 saturated heterocycles. The Labute approximate surface area is 193 Å². The number of carbonyl (C=O) groups is 2. The number of amides is 3. The van der Waals surface area contributed by atoms with Crippen LogP contribution in [0.2, 0.25) is 0 Å². The molecule has 33 heavy (non-hydrogen) atoms. The third kappa shape index (κ3) is 8.44. The van der Waals surface area contributed by atoms with Crippen LogP contribution in [0.25, 0.3) is 0 Å². The molecule has 3 rings (SSSR count). The van der Waals surface area contributed by atoms with Crippen molar-refractivity contribution in [3.63, 3.8) is 0 Å². The Morgan fingerprint density at radius 3 is 2.55 bits per heavy atom. The summed E-state index contributed by atoms with van der Waals surface area (Å²) in [5.74, 6) is 0.632. The van der Waals surface area contributed by atoms with Gasteiger partial charge in [-0.15, -0.1) is 0 Å². The highest BCUT2D eigenvalue weighted by Gasteiger charge is 2.08. The van der Waals surface area contributed by atoms with Crippen molar-refractivity contribution in [2.75, 3.05) is 32.5 Å². The SMILES string of the molecule is CN(C)CCNC(=O)c1cccc(CNC(=O)Nc2cccc(COCc3ccco3)c2)c1. The van der Waals surface area contributed by atoms with Gasteiger partial charge in [0.1, 0.15) is 12.4 Å². The third-order valence-corrected chi connectivity index (χ3v) is 4.76. The van der Waals surface area contributed by atoms with Gasteiger partial charge in [-0.1, -0.05) is 24.3 Å². The van der Waals surface area contributed by atoms with Crippen LogP contribution in [0.3, 0.4) is 0 Å². The third-order valence-electron chi connectivity index (χ3n) is 4.76. The maximum absolute atomic E-state index is 12.3. The molecule has 0 radical (unpaired) electrons. The molecule has 3 N–H and O–H groups in total. The highest BCUT2D eigenvalue weighted by molar-refractivity contribution is 5.94. The van der Waals surface area contributed by atoms with Gasteiger partial charge in [0.2, 0.25) is 0 Å². The van der Waals surface area contributed by atoms with Crippen molar-refractivity contribution in [3.05, 3.63) is 89.4 Å². The van der Waals surface area contributed by atoms with Gasteiger partial charge in [-0.05, 0) is 61.6 Å². The first-order valence-electron chi connectivity index (χ1n) is 10.8. The fraction of sp³-hybridized carbons (Fsp3) is 0.280. The summed E-state index contributed by atoms with van der Waals surface area (Å²) in [5, 5.41) is 8.53. The van der Waals surface area contributed by atoms with Gasteiger partial charge >= 0.3 is 6.03 Å². The molecule has 0 aliphatic heterocycles. The lowest BCUT2D eigenvalue weighted by atomic mass is 10.1. The first-order valence-corrected chi connectivity index (χ1v) is 10.8. The van der Waals surface area contributed by atoms with E-state index in [0.29, 0.717) is 37.6 Å². The van der Waals surface area contributed by atoms with Gasteiger partial charge in [0, 0.05) is 30.9 Å². The Morgan fingerprint density at radius 1 is 0.939 bits per heavy atom. The number of hydrogen-bond donors (Lipinski definition) is 3. The summed E-state index contributed by atoms with van der Waals surface area (Å²) in [7, 11) is 3.91. The summed E-state index contributed by atoms with van der Waals surface area (Å²) < 4.78 is 10.9. The van der Waals surface area contributed by atoms with Crippen LogP contribution in [-0.2, 0) is 24.5 Å². The van der Waals surface area contributed by atoms with Crippen LogP contribution in [0.5, 0.6) is 0 Å². The quantitative estimate of drug-likeness (QED) is 0.415. The van der Waals surface area contributed by atoms with Crippen molar-refractivity contribution < 1.29 is 18.7 Å². The number of anilines is 1. The van der Waals surface area contributed by atoms with Crippen LogP contribution in [0.4, 0.5) is 10.5 Å². The average molecular weight is 451 g/mol. The fourth-order valence-corrected chi connectivity index (χ4v) is 3.08. The average Bonchev–Trinajstić information content (AvgIpc) is 3.31. The minimum Gasteiger partial charge on any atom is -0.467 e. The van der Waals surface area contributed by atoms with Gasteiger partial charge in [0.05, 0.1) is 12.9 Å². The second-order valence-corrected chi connectivity index (χ2v) is 7.84. The van der Waals surface area contributed by atoms with Gasteiger partial charge in [0.25, 0.3) is 5.91 Å². The van der Waals surface area contributed by atoms with Gasteiger partial charge < -0.3 is 30.0 Å². The van der Waals surface area contributed by atoms with Crippen LogP contribution in [0.1, 0.15) is 27.2 Å². The van der Waals surface area contributed by atoms with Crippen LogP contribution in [-0.4, -0.2) is 44.0 Å². The molecule has 2 aromatic carbocycles. The van der Waals surface area contributed by atoms with Crippen molar-refractivity contribution in [3.8, 4) is 0 Å². The summed E-state index contributed by atoms with van der Waals surface area (Å²) in [6.07, 6.45) is 1.61. The number of carbonyl (C=O) groups excluding carboxylic acids is 2. The second kappa shape index (κ2) is 12.4. The van der Waals surface area contributed by atoms with Crippen molar-refractivity contribution in [1.82, 2.24) is 15.5 Å². The minimum absolute atomic E-state index is 0.130. The van der Waals surface area contributed by atoms with E-state index in [2.05, 4.69) is 16.0 Å². The highest BCUT2D eigenvalue weighted by Crippen LogP contribution is 2.13. The van der Waals surface area contributed by atoms with E-state index in [1.165, 1.54) is 0 Å². The number of rotatable bonds is 11. The lowest BCUT2D eigenvalue weighted by Crippen LogP contribution is -2.31. The van der Waals surface area contributed by atoms with Gasteiger partial charge in [-0.25, -0.2) is 4.79 Å². The molecule has 0 atom stereocenters. The van der Waals surface area contributed by atoms with E-state index in [-0.39, 0.29) is 11.9 Å². The summed E-state index contributed by atoms with van der Waals surface area (Å²) in [6, 6.07) is 18.0. The number of furan rings is 1. The van der Waals surface area contributed by atoms with E-state index in [1.807, 2.05) is 67.5 Å². The zero-order valence-electron chi connectivity index (χ0n) is 19.0. The number of hydrogen-bond acceptors (Lipinski definition) is 5. The largest absolute Gasteiger partial charge is 0.467 e. The van der Waals surface area contributed by atoms with Crippen molar-refractivity contribution in [2.45, 2.75) is 19.8 Å². The molecule has 8 nitrogen and oxygen atoms in total. The summed E-state index contributed by atoms with van der Waals surface area (Å²) >= 11 is 0.